The molecule has 0 saturated carbocycles. The number of halogens is 1. The van der Waals surface area contributed by atoms with E-state index in [-0.39, 0.29) is 31.3 Å². The molecule has 1 aliphatic heterocycles. The van der Waals surface area contributed by atoms with E-state index in [4.69, 9.17) is 25.8 Å². The molecule has 0 bridgehead atoms. The fourth-order valence-corrected chi connectivity index (χ4v) is 3.77. The highest BCUT2D eigenvalue weighted by molar-refractivity contribution is 6.30. The lowest BCUT2D eigenvalue weighted by Crippen LogP contribution is -2.21. The van der Waals surface area contributed by atoms with Crippen molar-refractivity contribution in [3.8, 4) is 11.5 Å². The predicted octanol–water partition coefficient (Wildman–Crippen LogP) is 5.40. The molecule has 4 rings (SSSR count). The first-order valence-electron chi connectivity index (χ1n) is 9.95. The second kappa shape index (κ2) is 8.84. The minimum Gasteiger partial charge on any atom is -0.454 e. The fraction of sp³-hybridized carbons (Fsp3) is 0.292. The van der Waals surface area contributed by atoms with Gasteiger partial charge in [-0.2, -0.15) is 0 Å². The van der Waals surface area contributed by atoms with Crippen molar-refractivity contribution >= 4 is 17.6 Å². The van der Waals surface area contributed by atoms with Gasteiger partial charge in [-0.05, 0) is 59.4 Å². The molecular weight excluding hydrogens is 402 g/mol. The molecule has 0 fully saturated rings. The second-order valence-corrected chi connectivity index (χ2v) is 8.20. The van der Waals surface area contributed by atoms with Crippen molar-refractivity contribution in [3.05, 3.63) is 82.6 Å². The Labute approximate surface area is 181 Å². The summed E-state index contributed by atoms with van der Waals surface area (Å²) in [5.41, 5.74) is 3.19. The number of esters is 1. The lowest BCUT2D eigenvalue weighted by Gasteiger charge is -2.20. The van der Waals surface area contributed by atoms with Crippen molar-refractivity contribution in [1.29, 1.82) is 0 Å². The molecule has 0 radical (unpaired) electrons. The van der Waals surface area contributed by atoms with E-state index >= 15 is 0 Å². The number of aromatic nitrogens is 1. The minimum absolute atomic E-state index is 0.0861. The topological polar surface area (TPSA) is 49.7 Å². The minimum atomic E-state index is -0.372. The van der Waals surface area contributed by atoms with Gasteiger partial charge in [-0.3, -0.25) is 4.79 Å². The Balaban J connectivity index is 1.39. The molecule has 1 atom stereocenters. The molecule has 0 saturated heterocycles. The van der Waals surface area contributed by atoms with E-state index < -0.39 is 0 Å². The van der Waals surface area contributed by atoms with E-state index in [1.807, 2.05) is 79.3 Å². The van der Waals surface area contributed by atoms with Gasteiger partial charge in [0.25, 0.3) is 0 Å². The number of carbonyl (C=O) groups is 1. The zero-order chi connectivity index (χ0) is 21.1. The lowest BCUT2D eigenvalue weighted by molar-refractivity contribution is -0.150. The van der Waals surface area contributed by atoms with Crippen LogP contribution in [0.3, 0.4) is 0 Å². The Hall–Kier alpha value is -2.92. The van der Waals surface area contributed by atoms with Crippen LogP contribution in [0.25, 0.3) is 0 Å². The Kier molecular flexibility index (Phi) is 6.00. The van der Waals surface area contributed by atoms with Gasteiger partial charge < -0.3 is 18.8 Å². The van der Waals surface area contributed by atoms with Gasteiger partial charge in [0.05, 0.1) is 5.92 Å². The summed E-state index contributed by atoms with van der Waals surface area (Å²) in [6, 6.07) is 15.4. The summed E-state index contributed by atoms with van der Waals surface area (Å²) in [5, 5.41) is 0.727. The summed E-state index contributed by atoms with van der Waals surface area (Å²) in [5.74, 6) is 0.835. The second-order valence-electron chi connectivity index (χ2n) is 7.76. The van der Waals surface area contributed by atoms with Crippen molar-refractivity contribution in [2.45, 2.75) is 32.9 Å². The van der Waals surface area contributed by atoms with Crippen molar-refractivity contribution in [3.63, 3.8) is 0 Å². The molecule has 1 aliphatic rings. The Morgan fingerprint density at radius 2 is 1.83 bits per heavy atom. The predicted molar refractivity (Wildman–Crippen MR) is 115 cm³/mol. The van der Waals surface area contributed by atoms with Gasteiger partial charge in [0.15, 0.2) is 18.2 Å². The Bertz CT molecular complexity index is 1030. The number of ether oxygens (including phenoxy) is 3. The summed E-state index contributed by atoms with van der Waals surface area (Å²) in [6.07, 6.45) is 4.71. The largest absolute Gasteiger partial charge is 0.454 e. The zero-order valence-corrected chi connectivity index (χ0v) is 17.8. The first kappa shape index (κ1) is 20.4. The maximum absolute atomic E-state index is 12.9. The van der Waals surface area contributed by atoms with Crippen molar-refractivity contribution in [2.75, 3.05) is 6.79 Å². The third-order valence-corrected chi connectivity index (χ3v) is 5.42. The van der Waals surface area contributed by atoms with E-state index in [1.165, 1.54) is 5.56 Å². The number of rotatable bonds is 7. The molecule has 156 valence electrons. The molecule has 0 aliphatic carbocycles. The summed E-state index contributed by atoms with van der Waals surface area (Å²) < 4.78 is 18.3. The molecule has 2 aromatic carbocycles. The van der Waals surface area contributed by atoms with E-state index in [0.29, 0.717) is 11.5 Å². The highest BCUT2D eigenvalue weighted by atomic mass is 35.5. The monoisotopic (exact) mass is 425 g/mol. The first-order valence-corrected chi connectivity index (χ1v) is 10.3. The molecule has 0 spiro atoms. The summed E-state index contributed by atoms with van der Waals surface area (Å²) in [7, 11) is 0. The van der Waals surface area contributed by atoms with E-state index in [0.717, 1.165) is 22.6 Å². The molecule has 6 heteroatoms. The van der Waals surface area contributed by atoms with Gasteiger partial charge in [0, 0.05) is 17.4 Å². The molecule has 1 aromatic heterocycles. The van der Waals surface area contributed by atoms with Crippen LogP contribution in [0.4, 0.5) is 0 Å². The molecular formula is C24H24ClNO4. The van der Waals surface area contributed by atoms with E-state index in [2.05, 4.69) is 0 Å². The van der Waals surface area contributed by atoms with Crippen LogP contribution in [0.1, 0.15) is 36.5 Å². The van der Waals surface area contributed by atoms with Crippen molar-refractivity contribution < 1.29 is 19.0 Å². The zero-order valence-electron chi connectivity index (χ0n) is 17.0. The van der Waals surface area contributed by atoms with E-state index in [1.54, 1.807) is 0 Å². The normalized spacial score (nSPS) is 13.5. The summed E-state index contributed by atoms with van der Waals surface area (Å²) in [4.78, 5) is 12.9. The van der Waals surface area contributed by atoms with Gasteiger partial charge in [-0.1, -0.05) is 43.6 Å². The third kappa shape index (κ3) is 4.62. The van der Waals surface area contributed by atoms with Gasteiger partial charge in [0.2, 0.25) is 6.79 Å². The highest BCUT2D eigenvalue weighted by Crippen LogP contribution is 2.37. The van der Waals surface area contributed by atoms with Crippen LogP contribution in [-0.4, -0.2) is 17.3 Å². The number of fused-ring (bicyclic) bond motifs is 1. The Morgan fingerprint density at radius 3 is 2.60 bits per heavy atom. The van der Waals surface area contributed by atoms with Crippen LogP contribution in [-0.2, 0) is 22.7 Å². The van der Waals surface area contributed by atoms with Crippen molar-refractivity contribution in [2.24, 2.45) is 5.92 Å². The molecule has 30 heavy (non-hydrogen) atoms. The maximum atomic E-state index is 12.9. The van der Waals surface area contributed by atoms with Gasteiger partial charge in [-0.15, -0.1) is 0 Å². The third-order valence-electron chi connectivity index (χ3n) is 5.17. The lowest BCUT2D eigenvalue weighted by atomic mass is 9.88. The average Bonchev–Trinajstić information content (AvgIpc) is 3.37. The van der Waals surface area contributed by atoms with Gasteiger partial charge in [-0.25, -0.2) is 0 Å². The molecule has 0 N–H and O–H groups in total. The first-order chi connectivity index (χ1) is 14.5. The smallest absolute Gasteiger partial charge is 0.315 e. The van der Waals surface area contributed by atoms with Gasteiger partial charge in [0.1, 0.15) is 0 Å². The number of carbonyl (C=O) groups excluding carboxylic acids is 1. The Morgan fingerprint density at radius 1 is 1.07 bits per heavy atom. The van der Waals surface area contributed by atoms with Crippen molar-refractivity contribution in [1.82, 2.24) is 4.57 Å². The quantitative estimate of drug-likeness (QED) is 0.475. The van der Waals surface area contributed by atoms with Gasteiger partial charge >= 0.3 is 5.97 Å². The molecule has 3 aromatic rings. The number of benzene rings is 2. The average molecular weight is 426 g/mol. The van der Waals surface area contributed by atoms with Crippen LogP contribution < -0.4 is 9.47 Å². The van der Waals surface area contributed by atoms with Crippen LogP contribution in [0.5, 0.6) is 11.5 Å². The molecule has 5 nitrogen and oxygen atoms in total. The number of hydrogen-bond donors (Lipinski definition) is 0. The van der Waals surface area contributed by atoms with Crippen LogP contribution in [0.2, 0.25) is 5.02 Å². The molecule has 0 amide bonds. The fourth-order valence-electron chi connectivity index (χ4n) is 3.64. The van der Waals surface area contributed by atoms with Crippen LogP contribution in [0.15, 0.2) is 60.9 Å². The molecule has 2 heterocycles. The number of hydrogen-bond acceptors (Lipinski definition) is 4. The van der Waals surface area contributed by atoms with Crippen LogP contribution in [0, 0.1) is 5.92 Å². The van der Waals surface area contributed by atoms with Crippen LogP contribution >= 0.6 is 11.6 Å². The standard InChI is InChI=1S/C24H24ClNO4/c1-16(2)23(19-5-8-21-22(12-19)30-15-29-21)24(27)28-14-26-10-9-18(13-26)11-17-3-6-20(25)7-4-17/h3-10,12-13,16,23H,11,14-15H2,1-2H3. The SMILES string of the molecule is CC(C)C(C(=O)OCn1ccc(Cc2ccc(Cl)cc2)c1)c1ccc2c(c1)OCO2. The maximum Gasteiger partial charge on any atom is 0.315 e. The summed E-state index contributed by atoms with van der Waals surface area (Å²) >= 11 is 5.94. The number of nitrogens with zero attached hydrogens (tertiary/aromatic N) is 1. The highest BCUT2D eigenvalue weighted by Gasteiger charge is 2.28. The van der Waals surface area contributed by atoms with E-state index in [9.17, 15) is 4.79 Å². The summed E-state index contributed by atoms with van der Waals surface area (Å²) in [6.45, 7) is 4.40. The molecule has 1 unspecified atom stereocenters.